The third-order valence-corrected chi connectivity index (χ3v) is 5.71. The zero-order valence-corrected chi connectivity index (χ0v) is 13.2. The molecule has 0 aromatic heterocycles. The van der Waals surface area contributed by atoms with Crippen LogP contribution in [-0.2, 0) is 14.6 Å². The molecule has 0 saturated heterocycles. The van der Waals surface area contributed by atoms with Gasteiger partial charge in [0.1, 0.15) is 12.4 Å². The molecule has 1 aliphatic carbocycles. The monoisotopic (exact) mass is 336 g/mol. The molecule has 1 aromatic carbocycles. The van der Waals surface area contributed by atoms with Crippen molar-refractivity contribution >= 4 is 15.7 Å². The Kier molecular flexibility index (Phi) is 5.50. The van der Waals surface area contributed by atoms with Crippen molar-refractivity contribution in [3.8, 4) is 6.07 Å². The van der Waals surface area contributed by atoms with Crippen molar-refractivity contribution in [2.45, 2.75) is 17.7 Å². The highest BCUT2D eigenvalue weighted by Gasteiger charge is 2.32. The van der Waals surface area contributed by atoms with Crippen LogP contribution in [0.1, 0.15) is 12.8 Å². The van der Waals surface area contributed by atoms with Crippen molar-refractivity contribution in [1.82, 2.24) is 5.32 Å². The van der Waals surface area contributed by atoms with Gasteiger partial charge in [-0.15, -0.1) is 0 Å². The van der Waals surface area contributed by atoms with Gasteiger partial charge >= 0.3 is 0 Å². The lowest BCUT2D eigenvalue weighted by Crippen LogP contribution is -2.38. The van der Waals surface area contributed by atoms with Crippen LogP contribution < -0.4 is 5.32 Å². The summed E-state index contributed by atoms with van der Waals surface area (Å²) in [6.07, 6.45) is 4.63. The van der Waals surface area contributed by atoms with Gasteiger partial charge in [0.05, 0.1) is 16.7 Å². The molecule has 23 heavy (non-hydrogen) atoms. The Hall–Kier alpha value is -2.20. The van der Waals surface area contributed by atoms with Crippen molar-refractivity contribution in [3.63, 3.8) is 0 Å². The third-order valence-electron chi connectivity index (χ3n) is 3.85. The molecular weight excluding hydrogens is 319 g/mol. The van der Waals surface area contributed by atoms with Crippen molar-refractivity contribution in [2.24, 2.45) is 11.8 Å². The van der Waals surface area contributed by atoms with Crippen LogP contribution in [0.5, 0.6) is 0 Å². The average molecular weight is 336 g/mol. The molecule has 0 heterocycles. The Morgan fingerprint density at radius 2 is 1.91 bits per heavy atom. The lowest BCUT2D eigenvalue weighted by atomic mass is 9.83. The Morgan fingerprint density at radius 3 is 2.57 bits per heavy atom. The number of hydrogen-bond donors (Lipinski definition) is 1. The molecule has 7 heteroatoms. The molecule has 122 valence electrons. The van der Waals surface area contributed by atoms with E-state index < -0.39 is 21.6 Å². The van der Waals surface area contributed by atoms with Crippen molar-refractivity contribution < 1.29 is 17.6 Å². The molecule has 1 aliphatic rings. The molecule has 5 nitrogen and oxygen atoms in total. The number of rotatable bonds is 5. The Morgan fingerprint density at radius 1 is 1.26 bits per heavy atom. The number of hydrogen-bond acceptors (Lipinski definition) is 4. The van der Waals surface area contributed by atoms with Crippen LogP contribution in [0.3, 0.4) is 0 Å². The minimum absolute atomic E-state index is 0.0460. The van der Waals surface area contributed by atoms with Crippen LogP contribution in [0, 0.1) is 29.0 Å². The van der Waals surface area contributed by atoms with Gasteiger partial charge in [-0.3, -0.25) is 4.79 Å². The van der Waals surface area contributed by atoms with Gasteiger partial charge in [-0.25, -0.2) is 12.8 Å². The minimum atomic E-state index is -3.61. The smallest absolute Gasteiger partial charge is 0.224 e. The maximum absolute atomic E-state index is 12.9. The summed E-state index contributed by atoms with van der Waals surface area (Å²) in [5, 5.41) is 11.0. The number of nitrogens with one attached hydrogen (secondary N) is 1. The second-order valence-electron chi connectivity index (χ2n) is 5.42. The molecule has 2 rings (SSSR count). The predicted octanol–water partition coefficient (Wildman–Crippen LogP) is 1.82. The maximum atomic E-state index is 12.9. The fourth-order valence-corrected chi connectivity index (χ4v) is 4.33. The molecule has 1 N–H and O–H groups in total. The topological polar surface area (TPSA) is 87.0 Å². The number of amides is 1. The number of allylic oxidation sites excluding steroid dienone is 2. The molecule has 0 saturated carbocycles. The first-order valence-corrected chi connectivity index (χ1v) is 8.87. The van der Waals surface area contributed by atoms with Gasteiger partial charge in [0.15, 0.2) is 9.84 Å². The number of sulfone groups is 1. The maximum Gasteiger partial charge on any atom is 0.224 e. The summed E-state index contributed by atoms with van der Waals surface area (Å²) in [7, 11) is -3.61. The second kappa shape index (κ2) is 7.38. The molecule has 0 aliphatic heterocycles. The number of nitriles is 1. The van der Waals surface area contributed by atoms with Gasteiger partial charge in [0, 0.05) is 5.92 Å². The van der Waals surface area contributed by atoms with E-state index in [2.05, 4.69) is 5.32 Å². The van der Waals surface area contributed by atoms with E-state index in [9.17, 15) is 17.6 Å². The lowest BCUT2D eigenvalue weighted by Gasteiger charge is -2.27. The highest BCUT2D eigenvalue weighted by atomic mass is 32.2. The Bertz CT molecular complexity index is 736. The van der Waals surface area contributed by atoms with E-state index in [4.69, 9.17) is 5.26 Å². The number of nitrogens with zero attached hydrogens (tertiary/aromatic N) is 1. The Labute approximate surface area is 134 Å². The van der Waals surface area contributed by atoms with E-state index >= 15 is 0 Å². The number of benzene rings is 1. The van der Waals surface area contributed by atoms with Crippen molar-refractivity contribution in [2.75, 3.05) is 12.3 Å². The predicted molar refractivity (Wildman–Crippen MR) is 82.4 cm³/mol. The summed E-state index contributed by atoms with van der Waals surface area (Å²) in [5.41, 5.74) is 0. The van der Waals surface area contributed by atoms with Gasteiger partial charge in [0.25, 0.3) is 0 Å². The average Bonchev–Trinajstić information content (AvgIpc) is 2.53. The van der Waals surface area contributed by atoms with E-state index in [1.807, 2.05) is 18.2 Å². The molecule has 1 amide bonds. The van der Waals surface area contributed by atoms with E-state index in [1.54, 1.807) is 0 Å². The van der Waals surface area contributed by atoms with E-state index in [1.165, 1.54) is 12.1 Å². The largest absolute Gasteiger partial charge is 0.343 e. The standard InChI is InChI=1S/C16H17FN2O3S/c17-13-5-7-14(8-6-13)23(21,22)11-12-3-1-2-4-15(12)16(20)19-10-9-18/h1-2,5-8,12,15H,3-4,10-11H2,(H,19,20)/t12-,15+/m1/s1. The highest BCUT2D eigenvalue weighted by Crippen LogP contribution is 2.29. The van der Waals surface area contributed by atoms with Crippen LogP contribution >= 0.6 is 0 Å². The molecule has 0 unspecified atom stereocenters. The summed E-state index contributed by atoms with van der Waals surface area (Å²) < 4.78 is 37.9. The molecule has 0 bridgehead atoms. The zero-order chi connectivity index (χ0) is 16.9. The molecule has 1 aromatic rings. The fraction of sp³-hybridized carbons (Fsp3) is 0.375. The summed E-state index contributed by atoms with van der Waals surface area (Å²) in [6.45, 7) is -0.101. The molecule has 2 atom stereocenters. The first-order chi connectivity index (χ1) is 10.9. The summed E-state index contributed by atoms with van der Waals surface area (Å²) >= 11 is 0. The molecular formula is C16H17FN2O3S. The summed E-state index contributed by atoms with van der Waals surface area (Å²) in [6, 6.07) is 6.49. The van der Waals surface area contributed by atoms with Gasteiger partial charge in [-0.1, -0.05) is 12.2 Å². The quantitative estimate of drug-likeness (QED) is 0.505. The lowest BCUT2D eigenvalue weighted by molar-refractivity contribution is -0.126. The first-order valence-electron chi connectivity index (χ1n) is 7.22. The van der Waals surface area contributed by atoms with E-state index in [0.29, 0.717) is 12.8 Å². The Balaban J connectivity index is 2.15. The molecule has 0 fully saturated rings. The van der Waals surface area contributed by atoms with Gasteiger partial charge < -0.3 is 5.32 Å². The van der Waals surface area contributed by atoms with Crippen LogP contribution in [-0.4, -0.2) is 26.6 Å². The molecule has 0 radical (unpaired) electrons. The van der Waals surface area contributed by atoms with Crippen LogP contribution in [0.25, 0.3) is 0 Å². The highest BCUT2D eigenvalue weighted by molar-refractivity contribution is 7.91. The van der Waals surface area contributed by atoms with Crippen molar-refractivity contribution in [1.29, 1.82) is 5.26 Å². The third kappa shape index (κ3) is 4.39. The van der Waals surface area contributed by atoms with Gasteiger partial charge in [-0.2, -0.15) is 5.26 Å². The van der Waals surface area contributed by atoms with Crippen LogP contribution in [0.2, 0.25) is 0 Å². The zero-order valence-electron chi connectivity index (χ0n) is 12.4. The second-order valence-corrected chi connectivity index (χ2v) is 7.45. The van der Waals surface area contributed by atoms with E-state index in [0.717, 1.165) is 12.1 Å². The minimum Gasteiger partial charge on any atom is -0.343 e. The number of carbonyl (C=O) groups is 1. The van der Waals surface area contributed by atoms with Crippen molar-refractivity contribution in [3.05, 3.63) is 42.2 Å². The number of halogens is 1. The van der Waals surface area contributed by atoms with Gasteiger partial charge in [-0.05, 0) is 43.0 Å². The molecule has 0 spiro atoms. The first kappa shape index (κ1) is 17.2. The van der Waals surface area contributed by atoms with E-state index in [-0.39, 0.29) is 29.0 Å². The van der Waals surface area contributed by atoms with Crippen LogP contribution in [0.4, 0.5) is 4.39 Å². The summed E-state index contributed by atoms with van der Waals surface area (Å²) in [5.74, 6) is -1.85. The normalized spacial score (nSPS) is 20.7. The number of carbonyl (C=O) groups excluding carboxylic acids is 1. The summed E-state index contributed by atoms with van der Waals surface area (Å²) in [4.78, 5) is 12.1. The SMILES string of the molecule is N#CCNC(=O)[C@H]1CC=CC[C@@H]1CS(=O)(=O)c1ccc(F)cc1. The van der Waals surface area contributed by atoms with Crippen LogP contribution in [0.15, 0.2) is 41.3 Å². The fourth-order valence-electron chi connectivity index (χ4n) is 2.65. The van der Waals surface area contributed by atoms with Gasteiger partial charge in [0.2, 0.25) is 5.91 Å².